The molecule has 0 aromatic heterocycles. The second kappa shape index (κ2) is 10.9. The molecule has 1 spiro atoms. The van der Waals surface area contributed by atoms with Crippen LogP contribution in [0.2, 0.25) is 0 Å². The molecule has 0 saturated carbocycles. The summed E-state index contributed by atoms with van der Waals surface area (Å²) in [5.41, 5.74) is -1.47. The van der Waals surface area contributed by atoms with Gasteiger partial charge in [-0.2, -0.15) is 0 Å². The van der Waals surface area contributed by atoms with E-state index in [-0.39, 0.29) is 35.1 Å². The molecule has 7 atom stereocenters. The van der Waals surface area contributed by atoms with Gasteiger partial charge in [0.25, 0.3) is 0 Å². The Labute approximate surface area is 206 Å². The van der Waals surface area contributed by atoms with Crippen LogP contribution in [0.15, 0.2) is 6.07 Å². The fraction of sp³-hybridized carbons (Fsp3) is 0.692. The Morgan fingerprint density at radius 1 is 1.26 bits per heavy atom. The van der Waals surface area contributed by atoms with E-state index >= 15 is 0 Å². The maximum absolute atomic E-state index is 13.8. The van der Waals surface area contributed by atoms with Crippen LogP contribution in [0.3, 0.4) is 0 Å². The van der Waals surface area contributed by atoms with Crippen LogP contribution in [-0.2, 0) is 14.2 Å². The molecule has 2 aliphatic rings. The number of epoxide rings is 1. The Hall–Kier alpha value is -2.04. The van der Waals surface area contributed by atoms with Crippen LogP contribution in [0.1, 0.15) is 92.2 Å². The second-order valence-corrected chi connectivity index (χ2v) is 9.90. The third kappa shape index (κ3) is 4.84. The van der Waals surface area contributed by atoms with Crippen molar-refractivity contribution < 1.29 is 44.2 Å². The zero-order valence-electron chi connectivity index (χ0n) is 21.1. The second-order valence-electron chi connectivity index (χ2n) is 9.90. The first-order valence-corrected chi connectivity index (χ1v) is 12.4. The number of benzene rings is 1. The Kier molecular flexibility index (Phi) is 8.60. The summed E-state index contributed by atoms with van der Waals surface area (Å²) in [6, 6.07) is 1.36. The Morgan fingerprint density at radius 2 is 1.94 bits per heavy atom. The molecule has 3 rings (SSSR count). The number of hydrogen-bond donors (Lipinski definition) is 4. The largest absolute Gasteiger partial charge is 0.507 e. The van der Waals surface area contributed by atoms with Crippen molar-refractivity contribution in [2.75, 3.05) is 7.11 Å². The fourth-order valence-corrected chi connectivity index (χ4v) is 5.37. The van der Waals surface area contributed by atoms with Gasteiger partial charge in [0.2, 0.25) is 0 Å². The highest BCUT2D eigenvalue weighted by Crippen LogP contribution is 2.50. The molecule has 2 saturated heterocycles. The average Bonchev–Trinajstić information content (AvgIpc) is 3.56. The van der Waals surface area contributed by atoms with Crippen LogP contribution >= 0.6 is 0 Å². The predicted molar refractivity (Wildman–Crippen MR) is 126 cm³/mol. The van der Waals surface area contributed by atoms with Gasteiger partial charge in [0.05, 0.1) is 35.5 Å². The van der Waals surface area contributed by atoms with Crippen LogP contribution < -0.4 is 0 Å². The van der Waals surface area contributed by atoms with E-state index in [1.54, 1.807) is 0 Å². The summed E-state index contributed by atoms with van der Waals surface area (Å²) < 4.78 is 16.9. The lowest BCUT2D eigenvalue weighted by Crippen LogP contribution is -2.55. The van der Waals surface area contributed by atoms with E-state index in [1.165, 1.54) is 13.2 Å². The van der Waals surface area contributed by atoms with Crippen molar-refractivity contribution in [3.8, 4) is 11.5 Å². The van der Waals surface area contributed by atoms with Gasteiger partial charge in [-0.25, -0.2) is 0 Å². The minimum atomic E-state index is -1.40. The molecule has 0 aliphatic carbocycles. The third-order valence-electron chi connectivity index (χ3n) is 7.37. The van der Waals surface area contributed by atoms with Gasteiger partial charge in [0.1, 0.15) is 11.5 Å². The number of aliphatic hydroxyl groups is 2. The molecule has 4 N–H and O–H groups in total. The minimum Gasteiger partial charge on any atom is -0.507 e. The highest BCUT2D eigenvalue weighted by molar-refractivity contribution is 6.04. The van der Waals surface area contributed by atoms with E-state index in [1.807, 2.05) is 27.7 Å². The van der Waals surface area contributed by atoms with Crippen LogP contribution in [0.5, 0.6) is 11.5 Å². The van der Waals surface area contributed by atoms with Crippen molar-refractivity contribution in [2.24, 2.45) is 11.8 Å². The molecule has 2 fully saturated rings. The Bertz CT molecular complexity index is 916. The van der Waals surface area contributed by atoms with E-state index in [0.29, 0.717) is 25.5 Å². The van der Waals surface area contributed by atoms with Crippen molar-refractivity contribution in [1.82, 2.24) is 0 Å². The molecule has 2 heterocycles. The van der Waals surface area contributed by atoms with E-state index in [9.17, 15) is 30.0 Å². The van der Waals surface area contributed by atoms with Crippen LogP contribution in [-0.4, -0.2) is 69.8 Å². The molecular weight excluding hydrogens is 456 g/mol. The van der Waals surface area contributed by atoms with E-state index in [4.69, 9.17) is 14.2 Å². The molecule has 35 heavy (non-hydrogen) atoms. The third-order valence-corrected chi connectivity index (χ3v) is 7.37. The minimum absolute atomic E-state index is 0.0760. The van der Waals surface area contributed by atoms with Crippen molar-refractivity contribution in [2.45, 2.75) is 96.1 Å². The molecule has 0 bridgehead atoms. The van der Waals surface area contributed by atoms with Crippen molar-refractivity contribution >= 4 is 12.1 Å². The normalized spacial score (nSPS) is 29.8. The number of aldehydes is 1. The van der Waals surface area contributed by atoms with E-state index in [0.717, 1.165) is 6.42 Å². The van der Waals surface area contributed by atoms with Gasteiger partial charge >= 0.3 is 0 Å². The number of phenols is 2. The van der Waals surface area contributed by atoms with Crippen LogP contribution in [0.4, 0.5) is 0 Å². The molecule has 0 amide bonds. The molecule has 2 aliphatic heterocycles. The topological polar surface area (TPSA) is 146 Å². The summed E-state index contributed by atoms with van der Waals surface area (Å²) >= 11 is 0. The summed E-state index contributed by atoms with van der Waals surface area (Å²) in [7, 11) is 1.46. The number of ketones is 1. The van der Waals surface area contributed by atoms with Gasteiger partial charge < -0.3 is 34.6 Å². The summed E-state index contributed by atoms with van der Waals surface area (Å²) in [6.45, 7) is 7.59. The lowest BCUT2D eigenvalue weighted by atomic mass is 9.79. The first-order chi connectivity index (χ1) is 16.6. The number of rotatable bonds is 11. The Morgan fingerprint density at radius 3 is 2.43 bits per heavy atom. The van der Waals surface area contributed by atoms with Crippen molar-refractivity contribution in [3.05, 3.63) is 22.8 Å². The maximum atomic E-state index is 13.8. The van der Waals surface area contributed by atoms with Gasteiger partial charge in [-0.05, 0) is 24.8 Å². The van der Waals surface area contributed by atoms with Crippen LogP contribution in [0.25, 0.3) is 0 Å². The molecule has 4 unspecified atom stereocenters. The maximum Gasteiger partial charge on any atom is 0.189 e. The summed E-state index contributed by atoms with van der Waals surface area (Å²) in [5, 5.41) is 42.9. The highest BCUT2D eigenvalue weighted by Gasteiger charge is 2.68. The Balaban J connectivity index is 2.01. The monoisotopic (exact) mass is 494 g/mol. The molecule has 9 heteroatoms. The van der Waals surface area contributed by atoms with E-state index in [2.05, 4.69) is 0 Å². The number of phenolic OH excluding ortho intramolecular Hbond substituents is 2. The average molecular weight is 495 g/mol. The molecular formula is C26H38O9. The molecule has 9 nitrogen and oxygen atoms in total. The summed E-state index contributed by atoms with van der Waals surface area (Å²) in [4.78, 5) is 25.6. The zero-order chi connectivity index (χ0) is 26.1. The molecule has 196 valence electrons. The first-order valence-electron chi connectivity index (χ1n) is 12.4. The number of carbonyl (C=O) groups excluding carboxylic acids is 2. The number of aliphatic hydroxyl groups excluding tert-OH is 2. The highest BCUT2D eigenvalue weighted by atomic mass is 16.7. The van der Waals surface area contributed by atoms with Gasteiger partial charge in [-0.3, -0.25) is 9.59 Å². The number of Topliss-reactive ketones (excluding diaryl/α,β-unsaturated/α-hetero) is 1. The number of aromatic hydroxyl groups is 2. The molecule has 0 radical (unpaired) electrons. The van der Waals surface area contributed by atoms with Crippen molar-refractivity contribution in [1.29, 1.82) is 0 Å². The number of methoxy groups -OCH3 is 1. The smallest absolute Gasteiger partial charge is 0.189 e. The van der Waals surface area contributed by atoms with Gasteiger partial charge in [-0.1, -0.05) is 40.5 Å². The van der Waals surface area contributed by atoms with Gasteiger partial charge in [0.15, 0.2) is 24.0 Å². The predicted octanol–water partition coefficient (Wildman–Crippen LogP) is 3.26. The number of unbranched alkanes of at least 4 members (excludes halogenated alkanes) is 1. The summed E-state index contributed by atoms with van der Waals surface area (Å²) in [6.07, 6.45) is -1.36. The van der Waals surface area contributed by atoms with Crippen LogP contribution in [0, 0.1) is 11.8 Å². The number of carbonyl (C=O) groups is 2. The standard InChI is InChI=1S/C26H38O9/c1-6-8-9-14(18-11-19(28)26(25(32)34-18)20(7-2)35-26)21(29)15-10-16(24(33-5)13(3)4)23(31)17(12-27)22(15)30/h10,12-14,18-20,24-25,28,30-32H,6-9,11H2,1-5H3/t14?,18?,19-,20+,24?,25-,26?/m1/s1. The lowest BCUT2D eigenvalue weighted by Gasteiger charge is -2.39. The zero-order valence-corrected chi connectivity index (χ0v) is 21.1. The number of ether oxygens (including phenoxy) is 3. The molecule has 1 aromatic rings. The van der Waals surface area contributed by atoms with Gasteiger partial charge in [-0.15, -0.1) is 0 Å². The van der Waals surface area contributed by atoms with Crippen molar-refractivity contribution in [3.63, 3.8) is 0 Å². The quantitative estimate of drug-likeness (QED) is 0.207. The fourth-order valence-electron chi connectivity index (χ4n) is 5.37. The molecule has 1 aromatic carbocycles. The first kappa shape index (κ1) is 27.5. The SMILES string of the molecule is CCCCC(C(=O)c1cc(C(OC)C(C)C)c(O)c(C=O)c1O)C1C[C@@H](O)C2(O[C@H]2CC)[C@H](O)O1. The lowest BCUT2D eigenvalue weighted by molar-refractivity contribution is -0.239. The van der Waals surface area contributed by atoms with Gasteiger partial charge in [0, 0.05) is 25.0 Å². The summed E-state index contributed by atoms with van der Waals surface area (Å²) in [5.74, 6) is -2.45. The number of hydrogen-bond acceptors (Lipinski definition) is 9. The van der Waals surface area contributed by atoms with E-state index < -0.39 is 53.4 Å².